The van der Waals surface area contributed by atoms with E-state index in [9.17, 15) is 35.9 Å². The van der Waals surface area contributed by atoms with Crippen molar-refractivity contribution in [2.45, 2.75) is 30.0 Å². The molecule has 0 saturated carbocycles. The summed E-state index contributed by atoms with van der Waals surface area (Å²) >= 11 is 0. The van der Waals surface area contributed by atoms with Gasteiger partial charge in [-0.3, -0.25) is 4.79 Å². The highest BCUT2D eigenvalue weighted by Gasteiger charge is 2.51. The van der Waals surface area contributed by atoms with E-state index in [2.05, 4.69) is 0 Å². The Bertz CT molecular complexity index is 755. The quantitative estimate of drug-likeness (QED) is 0.777. The Morgan fingerprint density at radius 3 is 2.08 bits per heavy atom. The van der Waals surface area contributed by atoms with Gasteiger partial charge < -0.3 is 10.0 Å². The van der Waals surface area contributed by atoms with Crippen LogP contribution in [0.25, 0.3) is 0 Å². The normalized spacial score (nSPS) is 19.2. The minimum atomic E-state index is -4.95. The van der Waals surface area contributed by atoms with Crippen LogP contribution in [-0.4, -0.2) is 66.6 Å². The summed E-state index contributed by atoms with van der Waals surface area (Å²) in [5.41, 5.74) is -3.15. The van der Waals surface area contributed by atoms with Crippen LogP contribution in [0.2, 0.25) is 0 Å². The van der Waals surface area contributed by atoms with Gasteiger partial charge in [0.25, 0.3) is 0 Å². The molecule has 1 saturated heterocycles. The zero-order chi connectivity index (χ0) is 19.8. The molecule has 0 aromatic heterocycles. The zero-order valence-corrected chi connectivity index (χ0v) is 14.6. The minimum absolute atomic E-state index is 0.104. The van der Waals surface area contributed by atoms with Crippen molar-refractivity contribution >= 4 is 15.9 Å². The molecule has 1 amide bonds. The number of rotatable bonds is 4. The molecule has 0 unspecified atom stereocenters. The lowest BCUT2D eigenvalue weighted by Crippen LogP contribution is -2.53. The van der Waals surface area contributed by atoms with E-state index < -0.39 is 39.9 Å². The fraction of sp³-hybridized carbons (Fsp3) is 0.533. The van der Waals surface area contributed by atoms with E-state index in [0.717, 1.165) is 33.5 Å². The van der Waals surface area contributed by atoms with Gasteiger partial charge in [0, 0.05) is 26.2 Å². The minimum Gasteiger partial charge on any atom is -0.380 e. The maximum Gasteiger partial charge on any atom is 0.417 e. The largest absolute Gasteiger partial charge is 0.417 e. The first kappa shape index (κ1) is 20.6. The lowest BCUT2D eigenvalue weighted by molar-refractivity contribution is -0.254. The van der Waals surface area contributed by atoms with E-state index in [1.807, 2.05) is 0 Å². The summed E-state index contributed by atoms with van der Waals surface area (Å²) in [5.74, 6) is -1.50. The van der Waals surface area contributed by atoms with Gasteiger partial charge in [-0.1, -0.05) is 0 Å². The highest BCUT2D eigenvalue weighted by atomic mass is 32.2. The second-order valence-electron chi connectivity index (χ2n) is 6.19. The molecule has 1 heterocycles. The van der Waals surface area contributed by atoms with Gasteiger partial charge in [0.1, 0.15) is 5.82 Å². The predicted molar refractivity (Wildman–Crippen MR) is 83.0 cm³/mol. The molecule has 1 aromatic carbocycles. The number of aliphatic hydroxyl groups is 1. The van der Waals surface area contributed by atoms with E-state index in [1.54, 1.807) is 0 Å². The first-order chi connectivity index (χ1) is 11.8. The average Bonchev–Trinajstić information content (AvgIpc) is 2.54. The second kappa shape index (κ2) is 7.12. The molecule has 6 nitrogen and oxygen atoms in total. The Hall–Kier alpha value is -1.72. The van der Waals surface area contributed by atoms with Crippen LogP contribution >= 0.6 is 0 Å². The van der Waals surface area contributed by atoms with Crippen LogP contribution < -0.4 is 0 Å². The molecule has 1 aliphatic heterocycles. The zero-order valence-electron chi connectivity index (χ0n) is 13.8. The number of amides is 1. The summed E-state index contributed by atoms with van der Waals surface area (Å²) in [5, 5.41) is 9.39. The summed E-state index contributed by atoms with van der Waals surface area (Å²) in [6.07, 6.45) is -6.09. The third-order valence-electron chi connectivity index (χ3n) is 4.15. The fourth-order valence-corrected chi connectivity index (χ4v) is 3.86. The molecule has 146 valence electrons. The number of nitrogens with zero attached hydrogens (tertiary/aromatic N) is 2. The van der Waals surface area contributed by atoms with Crippen molar-refractivity contribution in [3.63, 3.8) is 0 Å². The summed E-state index contributed by atoms with van der Waals surface area (Å²) < 4.78 is 76.9. The third-order valence-corrected chi connectivity index (χ3v) is 6.06. The Kier molecular flexibility index (Phi) is 5.64. The number of piperazine rings is 1. The first-order valence-corrected chi connectivity index (χ1v) is 9.11. The number of alkyl halides is 3. The van der Waals surface area contributed by atoms with Crippen LogP contribution in [0.3, 0.4) is 0 Å². The Morgan fingerprint density at radius 1 is 1.12 bits per heavy atom. The van der Waals surface area contributed by atoms with E-state index in [0.29, 0.717) is 6.92 Å². The van der Waals surface area contributed by atoms with Crippen molar-refractivity contribution in [3.05, 3.63) is 30.1 Å². The molecule has 0 bridgehead atoms. The number of hydrogen-bond acceptors (Lipinski definition) is 4. The van der Waals surface area contributed by atoms with Gasteiger partial charge in [-0.15, -0.1) is 0 Å². The molecular formula is C15H18F4N2O4S. The SMILES string of the molecule is C[C@](O)(CC(=O)N1CCN(S(=O)(=O)c2ccc(F)cc2)CC1)C(F)(F)F. The number of benzene rings is 1. The van der Waals surface area contributed by atoms with Gasteiger partial charge in [0.05, 0.1) is 11.3 Å². The van der Waals surface area contributed by atoms with Gasteiger partial charge in [-0.2, -0.15) is 17.5 Å². The predicted octanol–water partition coefficient (Wildman–Crippen LogP) is 1.36. The lowest BCUT2D eigenvalue weighted by atomic mass is 10.0. The van der Waals surface area contributed by atoms with Gasteiger partial charge >= 0.3 is 6.18 Å². The highest BCUT2D eigenvalue weighted by molar-refractivity contribution is 7.89. The summed E-state index contributed by atoms with van der Waals surface area (Å²) in [6.45, 7) is 0.0831. The standard InChI is InChI=1S/C15H18F4N2O4S/c1-14(23,15(17,18)19)10-13(22)20-6-8-21(9-7-20)26(24,25)12-4-2-11(16)3-5-12/h2-5,23H,6-10H2,1H3/t14-/m0/s1. The average molecular weight is 398 g/mol. The Morgan fingerprint density at radius 2 is 1.62 bits per heavy atom. The van der Waals surface area contributed by atoms with Gasteiger partial charge in [0.2, 0.25) is 15.9 Å². The highest BCUT2D eigenvalue weighted by Crippen LogP contribution is 2.33. The van der Waals surface area contributed by atoms with E-state index in [1.165, 1.54) is 0 Å². The van der Waals surface area contributed by atoms with Crippen LogP contribution in [0.1, 0.15) is 13.3 Å². The van der Waals surface area contributed by atoms with E-state index >= 15 is 0 Å². The number of sulfonamides is 1. The molecule has 2 rings (SSSR count). The number of carbonyl (C=O) groups excluding carboxylic acids is 1. The van der Waals surface area contributed by atoms with Crippen LogP contribution in [0.5, 0.6) is 0 Å². The molecule has 0 aliphatic carbocycles. The lowest BCUT2D eigenvalue weighted by Gasteiger charge is -2.35. The molecule has 1 N–H and O–H groups in total. The monoisotopic (exact) mass is 398 g/mol. The van der Waals surface area contributed by atoms with Gasteiger partial charge in [-0.05, 0) is 31.2 Å². The Balaban J connectivity index is 2.00. The van der Waals surface area contributed by atoms with E-state index in [-0.39, 0.29) is 31.1 Å². The van der Waals surface area contributed by atoms with Crippen molar-refractivity contribution in [1.29, 1.82) is 0 Å². The molecule has 1 aromatic rings. The summed E-state index contributed by atoms with van der Waals surface area (Å²) in [6, 6.07) is 4.24. The summed E-state index contributed by atoms with van der Waals surface area (Å²) in [7, 11) is -3.89. The molecule has 1 aliphatic rings. The van der Waals surface area contributed by atoms with Crippen molar-refractivity contribution in [2.75, 3.05) is 26.2 Å². The van der Waals surface area contributed by atoms with E-state index in [4.69, 9.17) is 0 Å². The molecule has 0 spiro atoms. The van der Waals surface area contributed by atoms with Gasteiger partial charge in [-0.25, -0.2) is 12.8 Å². The van der Waals surface area contributed by atoms with Crippen molar-refractivity contribution < 1.29 is 35.9 Å². The van der Waals surface area contributed by atoms with Gasteiger partial charge in [0.15, 0.2) is 5.60 Å². The van der Waals surface area contributed by atoms with Crippen LogP contribution in [0, 0.1) is 5.82 Å². The van der Waals surface area contributed by atoms with Crippen molar-refractivity contribution in [3.8, 4) is 0 Å². The maximum absolute atomic E-state index is 12.9. The van der Waals surface area contributed by atoms with Crippen molar-refractivity contribution in [1.82, 2.24) is 9.21 Å². The maximum atomic E-state index is 12.9. The summed E-state index contributed by atoms with van der Waals surface area (Å²) in [4.78, 5) is 12.9. The molecule has 1 atom stereocenters. The number of halogens is 4. The number of carbonyl (C=O) groups is 1. The number of hydrogen-bond donors (Lipinski definition) is 1. The molecule has 0 radical (unpaired) electrons. The third kappa shape index (κ3) is 4.33. The van der Waals surface area contributed by atoms with Crippen LogP contribution in [0.15, 0.2) is 29.2 Å². The second-order valence-corrected chi connectivity index (χ2v) is 8.13. The first-order valence-electron chi connectivity index (χ1n) is 7.67. The van der Waals surface area contributed by atoms with Crippen LogP contribution in [0.4, 0.5) is 17.6 Å². The molecular weight excluding hydrogens is 380 g/mol. The molecule has 11 heteroatoms. The smallest absolute Gasteiger partial charge is 0.380 e. The fourth-order valence-electron chi connectivity index (χ4n) is 2.44. The Labute approximate surface area is 148 Å². The van der Waals surface area contributed by atoms with Crippen molar-refractivity contribution in [2.24, 2.45) is 0 Å². The van der Waals surface area contributed by atoms with Crippen LogP contribution in [-0.2, 0) is 14.8 Å². The molecule has 26 heavy (non-hydrogen) atoms. The topological polar surface area (TPSA) is 77.9 Å². The molecule has 1 fully saturated rings.